The molecular weight excluding hydrogens is 76.9 g/mol. The normalized spacial score (nSPS) is 18.7. The van der Waals surface area contributed by atoms with E-state index >= 15 is 0 Å². The molecule has 1 aliphatic heterocycles. The first-order valence-electron chi connectivity index (χ1n) is 2.03. The maximum atomic E-state index is 4.64. The van der Waals surface area contributed by atoms with E-state index in [9.17, 15) is 0 Å². The molecule has 0 spiro atoms. The molecule has 0 aromatic rings. The van der Waals surface area contributed by atoms with Crippen LogP contribution in [0.5, 0.6) is 0 Å². The standard InChI is InChI=1S/C3H6BNO/c1-2-4-5-6-3-1/h1,3-5H,2H2. The Bertz CT molecular complexity index is 55.8. The van der Waals surface area contributed by atoms with Gasteiger partial charge in [0.2, 0.25) is 0 Å². The third-order valence-electron chi connectivity index (χ3n) is 0.661. The summed E-state index contributed by atoms with van der Waals surface area (Å²) in [7, 11) is 0.941. The summed E-state index contributed by atoms with van der Waals surface area (Å²) in [5, 5.41) is 2.70. The van der Waals surface area contributed by atoms with Crippen LogP contribution in [0, 0.1) is 0 Å². The SMILES string of the molecule is B1CC=CON1. The Morgan fingerprint density at radius 3 is 3.00 bits per heavy atom. The zero-order chi connectivity index (χ0) is 4.24. The summed E-state index contributed by atoms with van der Waals surface area (Å²) in [6, 6.07) is 0. The molecule has 0 saturated carbocycles. The minimum Gasteiger partial charge on any atom is -0.429 e. The fourth-order valence-electron chi connectivity index (χ4n) is 0.365. The Morgan fingerprint density at radius 1 is 1.83 bits per heavy atom. The summed E-state index contributed by atoms with van der Waals surface area (Å²) in [6.07, 6.45) is 4.72. The average Bonchev–Trinajstić information content (AvgIpc) is 1.72. The predicted octanol–water partition coefficient (Wildman–Crippen LogP) is -0.195. The second-order valence-corrected chi connectivity index (χ2v) is 1.17. The van der Waals surface area contributed by atoms with Gasteiger partial charge in [0.05, 0.1) is 0 Å². The molecule has 3 heteroatoms. The van der Waals surface area contributed by atoms with Gasteiger partial charge in [0.25, 0.3) is 7.41 Å². The number of nitrogens with one attached hydrogen (secondary N) is 1. The highest BCUT2D eigenvalue weighted by atomic mass is 16.6. The number of hydrogen-bond donors (Lipinski definition) is 1. The van der Waals surface area contributed by atoms with Gasteiger partial charge >= 0.3 is 0 Å². The first-order chi connectivity index (χ1) is 3.00. The van der Waals surface area contributed by atoms with E-state index in [1.165, 1.54) is 0 Å². The van der Waals surface area contributed by atoms with Gasteiger partial charge in [0.1, 0.15) is 6.26 Å². The Balaban J connectivity index is 2.26. The number of hydrogen-bond acceptors (Lipinski definition) is 2. The minimum atomic E-state index is 0.941. The molecule has 0 atom stereocenters. The molecule has 32 valence electrons. The summed E-state index contributed by atoms with van der Waals surface area (Å²) in [4.78, 5) is 4.64. The first kappa shape index (κ1) is 3.74. The summed E-state index contributed by atoms with van der Waals surface area (Å²) >= 11 is 0. The molecule has 0 unspecified atom stereocenters. The molecular formula is C3H6BNO. The van der Waals surface area contributed by atoms with Crippen LogP contribution in [0.4, 0.5) is 0 Å². The summed E-state index contributed by atoms with van der Waals surface area (Å²) in [6.45, 7) is 0. The van der Waals surface area contributed by atoms with E-state index in [1.54, 1.807) is 6.26 Å². The lowest BCUT2D eigenvalue weighted by atomic mass is 9.91. The van der Waals surface area contributed by atoms with Crippen molar-refractivity contribution < 1.29 is 4.84 Å². The van der Waals surface area contributed by atoms with Gasteiger partial charge in [-0.05, 0) is 6.32 Å². The van der Waals surface area contributed by atoms with Crippen molar-refractivity contribution in [2.75, 3.05) is 0 Å². The zero-order valence-corrected chi connectivity index (χ0v) is 3.48. The highest BCUT2D eigenvalue weighted by molar-refractivity contribution is 6.32. The van der Waals surface area contributed by atoms with Crippen molar-refractivity contribution >= 4 is 7.41 Å². The topological polar surface area (TPSA) is 21.3 Å². The lowest BCUT2D eigenvalue weighted by molar-refractivity contribution is 0.198. The van der Waals surface area contributed by atoms with Crippen molar-refractivity contribution in [2.24, 2.45) is 0 Å². The van der Waals surface area contributed by atoms with Gasteiger partial charge in [-0.25, -0.2) is 5.39 Å². The number of rotatable bonds is 0. The smallest absolute Gasteiger partial charge is 0.253 e. The van der Waals surface area contributed by atoms with Gasteiger partial charge in [-0.3, -0.25) is 0 Å². The average molecular weight is 82.9 g/mol. The quantitative estimate of drug-likeness (QED) is 0.409. The molecule has 6 heavy (non-hydrogen) atoms. The molecule has 0 aromatic carbocycles. The molecule has 0 bridgehead atoms. The summed E-state index contributed by atoms with van der Waals surface area (Å²) < 4.78 is 0. The molecule has 0 fully saturated rings. The van der Waals surface area contributed by atoms with Crippen LogP contribution in [0.15, 0.2) is 12.3 Å². The van der Waals surface area contributed by atoms with E-state index in [1.807, 2.05) is 6.08 Å². The van der Waals surface area contributed by atoms with E-state index in [4.69, 9.17) is 0 Å². The highest BCUT2D eigenvalue weighted by Crippen LogP contribution is 1.85. The highest BCUT2D eigenvalue weighted by Gasteiger charge is 1.88. The van der Waals surface area contributed by atoms with Crippen LogP contribution in [0.1, 0.15) is 0 Å². The summed E-state index contributed by atoms with van der Waals surface area (Å²) in [5.74, 6) is 0. The largest absolute Gasteiger partial charge is 0.429 e. The fraction of sp³-hybridized carbons (Fsp3) is 0.333. The van der Waals surface area contributed by atoms with Gasteiger partial charge in [-0.15, -0.1) is 0 Å². The Morgan fingerprint density at radius 2 is 2.83 bits per heavy atom. The second-order valence-electron chi connectivity index (χ2n) is 1.17. The van der Waals surface area contributed by atoms with Crippen LogP contribution < -0.4 is 5.39 Å². The summed E-state index contributed by atoms with van der Waals surface area (Å²) in [5.41, 5.74) is 0. The van der Waals surface area contributed by atoms with Crippen LogP contribution in [-0.2, 0) is 4.84 Å². The predicted molar refractivity (Wildman–Crippen MR) is 25.3 cm³/mol. The zero-order valence-electron chi connectivity index (χ0n) is 3.48. The van der Waals surface area contributed by atoms with Crippen LogP contribution in [0.25, 0.3) is 0 Å². The number of allylic oxidation sites excluding steroid dienone is 1. The van der Waals surface area contributed by atoms with Crippen LogP contribution in [0.2, 0.25) is 6.32 Å². The van der Waals surface area contributed by atoms with Gasteiger partial charge in [0, 0.05) is 0 Å². The Kier molecular flexibility index (Phi) is 1.17. The minimum absolute atomic E-state index is 0.941. The van der Waals surface area contributed by atoms with Gasteiger partial charge in [-0.1, -0.05) is 6.08 Å². The Hall–Kier alpha value is -0.435. The molecule has 0 radical (unpaired) electrons. The van der Waals surface area contributed by atoms with Crippen LogP contribution >= 0.6 is 0 Å². The van der Waals surface area contributed by atoms with Crippen molar-refractivity contribution in [3.63, 3.8) is 0 Å². The lowest BCUT2D eigenvalue weighted by Crippen LogP contribution is -2.18. The van der Waals surface area contributed by atoms with Gasteiger partial charge in [0.15, 0.2) is 0 Å². The van der Waals surface area contributed by atoms with E-state index in [0.717, 1.165) is 13.7 Å². The maximum absolute atomic E-state index is 4.64. The third kappa shape index (κ3) is 0.757. The molecule has 1 aliphatic rings. The van der Waals surface area contributed by atoms with Crippen molar-refractivity contribution in [3.8, 4) is 0 Å². The van der Waals surface area contributed by atoms with Crippen LogP contribution in [-0.4, -0.2) is 7.41 Å². The van der Waals surface area contributed by atoms with Gasteiger partial charge < -0.3 is 4.84 Å². The molecule has 1 rings (SSSR count). The van der Waals surface area contributed by atoms with E-state index in [-0.39, 0.29) is 0 Å². The van der Waals surface area contributed by atoms with E-state index < -0.39 is 0 Å². The molecule has 0 aromatic heterocycles. The van der Waals surface area contributed by atoms with E-state index in [2.05, 4.69) is 10.2 Å². The van der Waals surface area contributed by atoms with Crippen molar-refractivity contribution in [3.05, 3.63) is 12.3 Å². The molecule has 0 amide bonds. The first-order valence-corrected chi connectivity index (χ1v) is 2.03. The van der Waals surface area contributed by atoms with Crippen LogP contribution in [0.3, 0.4) is 0 Å². The van der Waals surface area contributed by atoms with E-state index in [0.29, 0.717) is 0 Å². The third-order valence-corrected chi connectivity index (χ3v) is 0.661. The van der Waals surface area contributed by atoms with Crippen molar-refractivity contribution in [2.45, 2.75) is 6.32 Å². The molecule has 1 N–H and O–H groups in total. The molecule has 1 heterocycles. The maximum Gasteiger partial charge on any atom is 0.253 e. The second kappa shape index (κ2) is 1.87. The Labute approximate surface area is 37.4 Å². The fourth-order valence-corrected chi connectivity index (χ4v) is 0.365. The molecule has 2 nitrogen and oxygen atoms in total. The van der Waals surface area contributed by atoms with Gasteiger partial charge in [-0.2, -0.15) is 0 Å². The molecule has 0 saturated heterocycles. The van der Waals surface area contributed by atoms with Crippen molar-refractivity contribution in [1.82, 2.24) is 5.39 Å². The lowest BCUT2D eigenvalue weighted by Gasteiger charge is -2.02. The molecule has 0 aliphatic carbocycles. The monoisotopic (exact) mass is 83.1 g/mol. The van der Waals surface area contributed by atoms with Crippen molar-refractivity contribution in [1.29, 1.82) is 0 Å².